The fraction of sp³-hybridized carbons (Fsp3) is 0.826. The van der Waals surface area contributed by atoms with Crippen LogP contribution in [0.2, 0.25) is 0 Å². The Morgan fingerprint density at radius 2 is 0.667 bits per heavy atom. The van der Waals surface area contributed by atoms with E-state index in [4.69, 9.17) is 109 Å². The summed E-state index contributed by atoms with van der Waals surface area (Å²) in [6, 6.07) is 0. The van der Waals surface area contributed by atoms with Crippen LogP contribution >= 0.6 is 0 Å². The van der Waals surface area contributed by atoms with Crippen LogP contribution in [0, 0.1) is 65.1 Å². The molecule has 6 saturated heterocycles. The average Bonchev–Trinajstić information content (AvgIpc) is 0.801. The van der Waals surface area contributed by atoms with Crippen LogP contribution in [0.1, 0.15) is 49.0 Å². The van der Waals surface area contributed by atoms with Crippen LogP contribution in [-0.2, 0) is 107 Å². The first kappa shape index (κ1) is 128. The van der Waals surface area contributed by atoms with E-state index in [1.54, 1.807) is 41.0 Å². The van der Waals surface area contributed by atoms with Crippen LogP contribution in [0.3, 0.4) is 0 Å². The molecule has 16 N–H and O–H groups in total. The quantitative estimate of drug-likeness (QED) is 0.0224. The van der Waals surface area contributed by atoms with Crippen molar-refractivity contribution in [1.82, 2.24) is 0 Å². The van der Waals surface area contributed by atoms with Crippen LogP contribution in [0.4, 0.5) is 0 Å². The molecule has 0 aromatic carbocycles. The van der Waals surface area contributed by atoms with Gasteiger partial charge in [-0.3, -0.25) is 30.3 Å². The minimum absolute atomic E-state index is 0. The van der Waals surface area contributed by atoms with E-state index in [9.17, 15) is 112 Å². The summed E-state index contributed by atoms with van der Waals surface area (Å²) in [5, 5.41) is 182. The third-order valence-electron chi connectivity index (χ3n) is 13.7. The first-order valence-electron chi connectivity index (χ1n) is 26.5. The van der Waals surface area contributed by atoms with E-state index in [-0.39, 0.29) is 239 Å². The van der Waals surface area contributed by atoms with Crippen LogP contribution in [-0.4, -0.2) is 323 Å². The number of rotatable bonds is 16. The summed E-state index contributed by atoms with van der Waals surface area (Å²) in [7, 11) is -19.8. The van der Waals surface area contributed by atoms with Gasteiger partial charge in [-0.2, -0.15) is 15.8 Å². The number of aliphatic hydroxyl groups is 14. The van der Waals surface area contributed by atoms with Crippen LogP contribution in [0.15, 0.2) is 0 Å². The van der Waals surface area contributed by atoms with Gasteiger partial charge in [0.25, 0.3) is 18.8 Å². The largest absolute Gasteiger partial charge is 1.00 e. The van der Waals surface area contributed by atoms with Gasteiger partial charge < -0.3 is 162 Å². The number of ether oxygens (including phenoxy) is 9. The third kappa shape index (κ3) is 49.6. The molecule has 12 unspecified atom stereocenters. The first-order chi connectivity index (χ1) is 44.2. The molecule has 576 valence electrons. The molecule has 6 rings (SSSR count). The molecule has 6 heterocycles. The Morgan fingerprint density at radius 3 is 0.933 bits per heavy atom. The van der Waals surface area contributed by atoms with Crippen molar-refractivity contribution in [1.29, 1.82) is 15.8 Å². The molecule has 0 bridgehead atoms. The Balaban J connectivity index is -0.000000139. The van der Waals surface area contributed by atoms with Gasteiger partial charge in [0.05, 0.1) is 55.5 Å². The fourth-order valence-corrected chi connectivity index (χ4v) is 9.18. The molecule has 0 aliphatic carbocycles. The number of carbonyl (C=O) groups is 3. The number of nitrogens with zero attached hydrogens (tertiary/aromatic N) is 3. The van der Waals surface area contributed by atoms with Crippen LogP contribution < -0.4 is 222 Å². The van der Waals surface area contributed by atoms with Crippen molar-refractivity contribution in [2.75, 3.05) is 19.8 Å². The summed E-state index contributed by atoms with van der Waals surface area (Å²) in [6.07, 6.45) is -30.3. The average molecular weight is 1680 g/mol. The van der Waals surface area contributed by atoms with Crippen molar-refractivity contribution in [3.8, 4) is 18.8 Å². The number of hydrogen-bond donors (Lipinski definition) is 16. The predicted octanol–water partition coefficient (Wildman–Crippen LogP) is -35.0. The normalized spacial score (nSPS) is 35.0. The monoisotopic (exact) mass is 1680 g/mol. The van der Waals surface area contributed by atoms with Gasteiger partial charge in [0.15, 0.2) is 18.9 Å². The van der Waals surface area contributed by atoms with E-state index in [1.807, 2.05) is 6.92 Å². The van der Waals surface area contributed by atoms with Crippen molar-refractivity contribution in [3.05, 3.63) is 12.8 Å². The van der Waals surface area contributed by atoms with E-state index >= 15 is 0 Å². The molecule has 28 atom stereocenters. The number of carbonyl (C=O) groups excluding carboxylic acids is 3. The molecule has 6 aliphatic heterocycles. The van der Waals surface area contributed by atoms with Crippen LogP contribution in [0.5, 0.6) is 0 Å². The Hall–Kier alpha value is 1.96. The summed E-state index contributed by atoms with van der Waals surface area (Å²) in [5.74, 6) is -6.47. The second-order valence-electron chi connectivity index (χ2n) is 20.3. The van der Waals surface area contributed by atoms with Gasteiger partial charge in [-0.15, -0.1) is 0 Å². The smallest absolute Gasteiger partial charge is 0.726 e. The number of aliphatic carboxylic acids is 3. The molecule has 59 heteroatoms. The van der Waals surface area contributed by atoms with Gasteiger partial charge >= 0.3 is 207 Å². The summed E-state index contributed by atoms with van der Waals surface area (Å²) in [6.45, 7) is 8.43. The van der Waals surface area contributed by atoms with Gasteiger partial charge in [-0.25, -0.2) is 33.7 Å². The predicted molar refractivity (Wildman–Crippen MR) is 287 cm³/mol. The molecule has 0 aromatic heterocycles. The number of carboxylic acid groups (broad SMARTS) is 3. The SMILES string of the molecule is C.C[C@H]1OC(CO)[CH-]C(O[C@@H]2OC(C(=O)[O-])[C@@H](O)C(O)[C@@H]2O)[C@@H]1C.C[C@H]1OC(COS(=O)(=O)[O-])[C@@H](O)C(O[C@@H]2OC(C(=O)[O-])[C@@H](O)C(O)[C@@H]2O)[C@@H]1C.C[C@H]1OC(COS(=O)(=O)[O-])[CH-]C(O[C@@H]2OC(C(=O)[O-])[C@@H](O)C(O)[C@@H]2O)[C@@H]1C.N#CO.N#CO.N#CO.O=S(=O)([O-])O.O=S(=O)([O-])O.[Na+].[Na+].[Na+].[Na+].[Na+].[Na+].[Na+]. The van der Waals surface area contributed by atoms with Crippen LogP contribution in [0.25, 0.3) is 0 Å². The van der Waals surface area contributed by atoms with E-state index < -0.39 is 226 Å². The molecule has 0 saturated carbocycles. The minimum Gasteiger partial charge on any atom is -0.726 e. The summed E-state index contributed by atoms with van der Waals surface area (Å²) >= 11 is 0. The molecule has 0 aromatic rings. The van der Waals surface area contributed by atoms with Gasteiger partial charge in [0.2, 0.25) is 41.6 Å². The van der Waals surface area contributed by atoms with Crippen molar-refractivity contribution in [2.24, 2.45) is 17.8 Å². The molecule has 6 fully saturated rings. The van der Waals surface area contributed by atoms with Crippen molar-refractivity contribution < 1.29 is 420 Å². The molecule has 6 aliphatic rings. The zero-order valence-corrected chi connectivity index (χ0v) is 74.7. The molecule has 0 spiro atoms. The standard InChI is InChI=1S/C14H24O13S.C14H23O12S.C14H23O9.3CHNO.CH4.7Na.2H2O4S/c1-4-5(2)25-6(3-24-28(21,22)23)7(15)11(4)26-14-10(18)8(16)9(17)12(27-14)13(19)20;1-5-6(2)24-7(4-23-27(20,21)22)3-8(5)25-14-11(17)9(15)10(16)12(26-14)13(18)19;1-5-6(2)21-7(4-15)3-8(5)22-14-11(18)9(16)10(17)12(23-14)13(19)20;3*2-1-3;;;;;;;;;2*1-5(2,3)4/h4-12,14-18H,3H2,1-2H3,(H,19,20)(H,21,22,23);3,5-12,14-17H,4H2,1-2H3,(H,18,19)(H,20,21,22);3,5-12,14-18H,4H2,1-2H3,(H,19,20);3*3H;1H4;;;;;;;;2*(H2,1,2,3,4)/q;2*-1;;;;;7*+1;;/p-7/t4-,5-,6?,7-,8?,9+,10+,11?,12?,14-;2*5-,6-,7?,8?,9?,10+,11+,12?,14-;;;;;;;;;;;;;/m111............./s1. The maximum Gasteiger partial charge on any atom is 1.00 e. The summed E-state index contributed by atoms with van der Waals surface area (Å²) in [4.78, 5) is 33.0. The van der Waals surface area contributed by atoms with E-state index in [0.29, 0.717) is 0 Å². The van der Waals surface area contributed by atoms with E-state index in [2.05, 4.69) is 8.37 Å². The Kier molecular flexibility index (Phi) is 74.6. The van der Waals surface area contributed by atoms with Gasteiger partial charge in [-0.05, 0) is 44.8 Å². The first-order valence-corrected chi connectivity index (χ1v) is 31.9. The fourth-order valence-electron chi connectivity index (χ4n) is 8.58. The Bertz CT molecular complexity index is 2940. The second kappa shape index (κ2) is 61.3. The number of carboxylic acids is 3. The van der Waals surface area contributed by atoms with Gasteiger partial charge in [-0.1, -0.05) is 40.4 Å². The number of nitriles is 3. The van der Waals surface area contributed by atoms with E-state index in [1.165, 1.54) is 6.42 Å². The van der Waals surface area contributed by atoms with Gasteiger partial charge in [0, 0.05) is 12.5 Å². The molecular formula is C46H74N3Na7O45S4-2. The third-order valence-corrected chi connectivity index (χ3v) is 14.5. The van der Waals surface area contributed by atoms with Crippen molar-refractivity contribution in [3.63, 3.8) is 0 Å². The number of hydrogen-bond acceptors (Lipinski definition) is 46. The van der Waals surface area contributed by atoms with Crippen molar-refractivity contribution >= 4 is 59.5 Å². The second-order valence-corrected chi connectivity index (χ2v) is 24.1. The zero-order chi connectivity index (χ0) is 76.3. The maximum atomic E-state index is 11.0. The maximum absolute atomic E-state index is 11.0. The molecule has 0 radical (unpaired) electrons. The van der Waals surface area contributed by atoms with E-state index in [0.717, 1.165) is 18.8 Å². The summed E-state index contributed by atoms with van der Waals surface area (Å²) < 4.78 is 185. The topological polar surface area (TPSA) is 846 Å². The Labute approximate surface area is 756 Å². The molecule has 48 nitrogen and oxygen atoms in total. The Morgan fingerprint density at radius 1 is 0.419 bits per heavy atom. The molecule has 105 heavy (non-hydrogen) atoms. The molecule has 0 amide bonds. The minimum atomic E-state index is -5.04. The zero-order valence-electron chi connectivity index (χ0n) is 57.4. The number of aliphatic hydroxyl groups excluding tert-OH is 14. The van der Waals surface area contributed by atoms with Crippen molar-refractivity contribution in [2.45, 2.75) is 202 Å². The molecular weight excluding hydrogens is 1600 g/mol. The summed E-state index contributed by atoms with van der Waals surface area (Å²) in [5.41, 5.74) is 0. The van der Waals surface area contributed by atoms with Gasteiger partial charge in [0.1, 0.15) is 85.5 Å².